The molecule has 0 spiro atoms. The number of carbonyl (C=O) groups is 1. The van der Waals surface area contributed by atoms with Gasteiger partial charge in [0.1, 0.15) is 5.75 Å². The molecule has 5 rings (SSSR count). The number of urea groups is 1. The molecular formula is C32H36ClN5O6S2. The van der Waals surface area contributed by atoms with Crippen molar-refractivity contribution in [3.8, 4) is 11.6 Å². The molecule has 0 radical (unpaired) electrons. The van der Waals surface area contributed by atoms with Crippen LogP contribution in [0.25, 0.3) is 0 Å². The number of sulfonamides is 1. The molecule has 0 saturated carbocycles. The summed E-state index contributed by atoms with van der Waals surface area (Å²) in [6, 6.07) is 25.8. The smallest absolute Gasteiger partial charge is 0.326 e. The summed E-state index contributed by atoms with van der Waals surface area (Å²) in [5.74, 6) is 0.964. The number of pyridine rings is 1. The fourth-order valence-corrected chi connectivity index (χ4v) is 6.33. The second kappa shape index (κ2) is 14.9. The first kappa shape index (κ1) is 34.7. The highest BCUT2D eigenvalue weighted by Crippen LogP contribution is 2.27. The van der Waals surface area contributed by atoms with E-state index in [-0.39, 0.29) is 29.4 Å². The first-order valence-electron chi connectivity index (χ1n) is 14.3. The maximum Gasteiger partial charge on any atom is 0.326 e. The molecule has 1 aromatic heterocycles. The number of hydrogen-bond donors (Lipinski definition) is 2. The van der Waals surface area contributed by atoms with Crippen molar-refractivity contribution in [3.05, 3.63) is 103 Å². The van der Waals surface area contributed by atoms with E-state index in [1.807, 2.05) is 36.4 Å². The van der Waals surface area contributed by atoms with E-state index in [0.717, 1.165) is 49.7 Å². The van der Waals surface area contributed by atoms with Crippen LogP contribution in [-0.2, 0) is 26.4 Å². The minimum atomic E-state index is -3.35. The highest BCUT2D eigenvalue weighted by atomic mass is 35.5. The van der Waals surface area contributed by atoms with Crippen LogP contribution < -0.4 is 19.7 Å². The number of ether oxygens (including phenoxy) is 1. The molecule has 46 heavy (non-hydrogen) atoms. The summed E-state index contributed by atoms with van der Waals surface area (Å²) >= 11 is 0. The van der Waals surface area contributed by atoms with E-state index in [1.54, 1.807) is 53.6 Å². The lowest BCUT2D eigenvalue weighted by atomic mass is 10.0. The molecule has 2 amide bonds. The molecule has 0 aliphatic carbocycles. The lowest BCUT2D eigenvalue weighted by Gasteiger charge is -2.38. The Morgan fingerprint density at radius 1 is 0.870 bits per heavy atom. The molecule has 244 valence electrons. The Kier molecular flexibility index (Phi) is 11.3. The minimum absolute atomic E-state index is 0. The number of carbonyl (C=O) groups excluding carboxylic acids is 1. The Hall–Kier alpha value is -4.17. The van der Waals surface area contributed by atoms with Gasteiger partial charge in [0, 0.05) is 61.3 Å². The van der Waals surface area contributed by atoms with Crippen molar-refractivity contribution in [1.82, 2.24) is 9.88 Å². The maximum absolute atomic E-state index is 13.5. The zero-order valence-corrected chi connectivity index (χ0v) is 27.8. The molecule has 2 N–H and O–H groups in total. The Morgan fingerprint density at radius 2 is 1.50 bits per heavy atom. The van der Waals surface area contributed by atoms with Gasteiger partial charge >= 0.3 is 6.03 Å². The van der Waals surface area contributed by atoms with Crippen molar-refractivity contribution in [2.24, 2.45) is 0 Å². The first-order valence-corrected chi connectivity index (χ1v) is 18.1. The van der Waals surface area contributed by atoms with Gasteiger partial charge in [-0.1, -0.05) is 24.3 Å². The van der Waals surface area contributed by atoms with E-state index in [2.05, 4.69) is 19.9 Å². The number of nitrogens with zero attached hydrogens (tertiary/aromatic N) is 3. The summed E-state index contributed by atoms with van der Waals surface area (Å²) in [6.07, 6.45) is 5.57. The molecule has 1 fully saturated rings. The highest BCUT2D eigenvalue weighted by Gasteiger charge is 2.29. The third-order valence-electron chi connectivity index (χ3n) is 7.29. The van der Waals surface area contributed by atoms with Crippen LogP contribution in [0.15, 0.2) is 102 Å². The van der Waals surface area contributed by atoms with E-state index in [4.69, 9.17) is 4.74 Å². The molecule has 0 atom stereocenters. The lowest BCUT2D eigenvalue weighted by Crippen LogP contribution is -2.49. The summed E-state index contributed by atoms with van der Waals surface area (Å²) in [7, 11) is -6.68. The maximum atomic E-state index is 13.5. The number of sulfone groups is 1. The zero-order valence-electron chi connectivity index (χ0n) is 25.4. The minimum Gasteiger partial charge on any atom is -0.439 e. The van der Waals surface area contributed by atoms with E-state index in [1.165, 1.54) is 12.1 Å². The molecule has 2 heterocycles. The van der Waals surface area contributed by atoms with Crippen molar-refractivity contribution in [1.29, 1.82) is 0 Å². The topological polar surface area (TPSA) is 138 Å². The normalized spacial score (nSPS) is 14.1. The fourth-order valence-electron chi connectivity index (χ4n) is 5.14. The van der Waals surface area contributed by atoms with Crippen molar-refractivity contribution in [2.75, 3.05) is 40.5 Å². The Morgan fingerprint density at radius 3 is 2.07 bits per heavy atom. The predicted molar refractivity (Wildman–Crippen MR) is 182 cm³/mol. The summed E-state index contributed by atoms with van der Waals surface area (Å²) < 4.78 is 54.6. The molecule has 3 aromatic carbocycles. The number of piperidine rings is 1. The van der Waals surface area contributed by atoms with Gasteiger partial charge in [0.05, 0.1) is 11.2 Å². The number of nitrogens with one attached hydrogen (secondary N) is 2. The molecule has 1 aliphatic rings. The molecular weight excluding hydrogens is 650 g/mol. The number of halogens is 1. The molecule has 0 bridgehead atoms. The van der Waals surface area contributed by atoms with Crippen LogP contribution in [0.2, 0.25) is 0 Å². The van der Waals surface area contributed by atoms with Gasteiger partial charge < -0.3 is 10.1 Å². The van der Waals surface area contributed by atoms with E-state index in [9.17, 15) is 21.6 Å². The number of likely N-dealkylation sites (tertiary alicyclic amines) is 1. The van der Waals surface area contributed by atoms with Crippen LogP contribution in [0.4, 0.5) is 21.9 Å². The van der Waals surface area contributed by atoms with Crippen molar-refractivity contribution >= 4 is 55.4 Å². The molecule has 14 heteroatoms. The Bertz CT molecular complexity index is 1820. The fraction of sp³-hybridized carbons (Fsp3) is 0.250. The lowest BCUT2D eigenvalue weighted by molar-refractivity contribution is 0.199. The van der Waals surface area contributed by atoms with Crippen LogP contribution in [0.5, 0.6) is 11.6 Å². The van der Waals surface area contributed by atoms with Gasteiger partial charge in [-0.15, -0.1) is 12.4 Å². The third kappa shape index (κ3) is 9.66. The molecule has 0 unspecified atom stereocenters. The van der Waals surface area contributed by atoms with Gasteiger partial charge in [-0.3, -0.25) is 14.5 Å². The zero-order chi connectivity index (χ0) is 32.0. The van der Waals surface area contributed by atoms with Crippen molar-refractivity contribution < 1.29 is 26.4 Å². The number of aromatic nitrogens is 1. The average Bonchev–Trinajstić information content (AvgIpc) is 3.00. The van der Waals surface area contributed by atoms with E-state index < -0.39 is 19.9 Å². The SMILES string of the molecule is CS(=O)(=O)Nc1ccc(Oc2ccc(CN3CCC(N(C(=O)Nc4ccc(S(C)(=O)=O)cc4)c4ccccc4)CC3)cn2)cc1.Cl. The van der Waals surface area contributed by atoms with Gasteiger partial charge in [-0.05, 0) is 79.1 Å². The van der Waals surface area contributed by atoms with Crippen LogP contribution in [-0.4, -0.2) is 64.4 Å². The second-order valence-corrected chi connectivity index (χ2v) is 14.7. The quantitative estimate of drug-likeness (QED) is 0.215. The third-order valence-corrected chi connectivity index (χ3v) is 9.03. The monoisotopic (exact) mass is 685 g/mol. The predicted octanol–water partition coefficient (Wildman–Crippen LogP) is 5.77. The van der Waals surface area contributed by atoms with Gasteiger partial charge in [-0.25, -0.2) is 26.6 Å². The number of hydrogen-bond acceptors (Lipinski definition) is 8. The second-order valence-electron chi connectivity index (χ2n) is 10.9. The summed E-state index contributed by atoms with van der Waals surface area (Å²) in [5, 5.41) is 2.93. The van der Waals surface area contributed by atoms with Crippen LogP contribution in [0, 0.1) is 0 Å². The summed E-state index contributed by atoms with van der Waals surface area (Å²) in [5.41, 5.74) is 2.79. The Labute approximate surface area is 276 Å². The standard InChI is InChI=1S/C32H35N5O6S2.ClH/c1-44(39,40)30-15-11-25(12-16-30)34-32(38)37(27-6-4-3-5-7-27)28-18-20-36(21-19-28)23-24-8-17-31(33-22-24)43-29-13-9-26(10-14-29)35-45(2,41)42;/h3-17,22,28,35H,18-21,23H2,1-2H3,(H,34,38);1H. The molecule has 1 saturated heterocycles. The van der Waals surface area contributed by atoms with Crippen LogP contribution in [0.1, 0.15) is 18.4 Å². The largest absolute Gasteiger partial charge is 0.439 e. The van der Waals surface area contributed by atoms with E-state index >= 15 is 0 Å². The molecule has 4 aromatic rings. The van der Waals surface area contributed by atoms with Crippen LogP contribution >= 0.6 is 12.4 Å². The molecule has 1 aliphatic heterocycles. The number of para-hydroxylation sites is 1. The van der Waals surface area contributed by atoms with E-state index in [0.29, 0.717) is 29.5 Å². The van der Waals surface area contributed by atoms with Crippen molar-refractivity contribution in [2.45, 2.75) is 30.3 Å². The molecule has 11 nitrogen and oxygen atoms in total. The summed E-state index contributed by atoms with van der Waals surface area (Å²) in [6.45, 7) is 2.28. The van der Waals surface area contributed by atoms with Crippen LogP contribution in [0.3, 0.4) is 0 Å². The number of amides is 2. The van der Waals surface area contributed by atoms with Gasteiger partial charge in [0.25, 0.3) is 0 Å². The highest BCUT2D eigenvalue weighted by molar-refractivity contribution is 7.92. The van der Waals surface area contributed by atoms with Gasteiger partial charge in [0.2, 0.25) is 15.9 Å². The summed E-state index contributed by atoms with van der Waals surface area (Å²) in [4.78, 5) is 22.3. The number of benzene rings is 3. The average molecular weight is 686 g/mol. The van der Waals surface area contributed by atoms with Gasteiger partial charge in [0.15, 0.2) is 9.84 Å². The number of rotatable bonds is 10. The van der Waals surface area contributed by atoms with Crippen molar-refractivity contribution in [3.63, 3.8) is 0 Å². The van der Waals surface area contributed by atoms with Gasteiger partial charge in [-0.2, -0.15) is 0 Å². The Balaban J connectivity index is 0.00000480. The first-order chi connectivity index (χ1) is 21.4. The number of anilines is 3.